The van der Waals surface area contributed by atoms with Crippen molar-refractivity contribution in [3.8, 4) is 0 Å². The Morgan fingerprint density at radius 3 is 2.23 bits per heavy atom. The highest BCUT2D eigenvalue weighted by atomic mass is 16.6. The first-order valence-corrected chi connectivity index (χ1v) is 9.66. The van der Waals surface area contributed by atoms with Crippen LogP contribution in [-0.2, 0) is 14.3 Å². The van der Waals surface area contributed by atoms with E-state index in [-0.39, 0.29) is 11.9 Å². The molecular formula is C19H32N2O5. The van der Waals surface area contributed by atoms with Gasteiger partial charge < -0.3 is 14.7 Å². The van der Waals surface area contributed by atoms with Crippen molar-refractivity contribution < 1.29 is 24.2 Å². The largest absolute Gasteiger partial charge is 0.480 e. The SMILES string of the molecule is C[C@H](C(=O)N1CCC[C@H]1C(=O)O)N(C(=O)OC(C)(C)C)C1CCCCC1. The molecular weight excluding hydrogens is 336 g/mol. The Labute approximate surface area is 155 Å². The van der Waals surface area contributed by atoms with Crippen LogP contribution in [0.25, 0.3) is 0 Å². The van der Waals surface area contributed by atoms with Gasteiger partial charge in [-0.25, -0.2) is 9.59 Å². The van der Waals surface area contributed by atoms with Crippen LogP contribution in [0.15, 0.2) is 0 Å². The summed E-state index contributed by atoms with van der Waals surface area (Å²) in [6.45, 7) is 7.52. The first kappa shape index (κ1) is 20.5. The second kappa shape index (κ2) is 8.27. The number of carboxylic acids is 1. The van der Waals surface area contributed by atoms with Crippen molar-refractivity contribution in [2.24, 2.45) is 0 Å². The molecule has 0 unspecified atom stereocenters. The fourth-order valence-electron chi connectivity index (χ4n) is 3.94. The van der Waals surface area contributed by atoms with E-state index >= 15 is 0 Å². The van der Waals surface area contributed by atoms with Crippen LogP contribution in [0, 0.1) is 0 Å². The van der Waals surface area contributed by atoms with Gasteiger partial charge in [0.25, 0.3) is 0 Å². The third kappa shape index (κ3) is 4.89. The number of nitrogens with zero attached hydrogens (tertiary/aromatic N) is 2. The maximum absolute atomic E-state index is 13.0. The number of likely N-dealkylation sites (tertiary alicyclic amines) is 1. The number of hydrogen-bond acceptors (Lipinski definition) is 4. The Hall–Kier alpha value is -1.79. The molecule has 1 saturated heterocycles. The molecule has 7 nitrogen and oxygen atoms in total. The summed E-state index contributed by atoms with van der Waals surface area (Å²) in [5.74, 6) is -1.28. The predicted octanol–water partition coefficient (Wildman–Crippen LogP) is 3.02. The van der Waals surface area contributed by atoms with Crippen molar-refractivity contribution in [3.63, 3.8) is 0 Å². The van der Waals surface area contributed by atoms with Gasteiger partial charge in [-0.3, -0.25) is 9.69 Å². The Bertz CT molecular complexity index is 537. The molecule has 2 atom stereocenters. The molecule has 2 amide bonds. The molecule has 7 heteroatoms. The zero-order valence-corrected chi connectivity index (χ0v) is 16.4. The highest BCUT2D eigenvalue weighted by molar-refractivity contribution is 5.89. The lowest BCUT2D eigenvalue weighted by molar-refractivity contribution is -0.150. The van der Waals surface area contributed by atoms with E-state index < -0.39 is 29.7 Å². The van der Waals surface area contributed by atoms with Gasteiger partial charge in [0.1, 0.15) is 17.7 Å². The van der Waals surface area contributed by atoms with Gasteiger partial charge in [-0.05, 0) is 53.4 Å². The molecule has 0 aromatic heterocycles. The van der Waals surface area contributed by atoms with Crippen LogP contribution in [0.3, 0.4) is 0 Å². The molecule has 1 aliphatic heterocycles. The quantitative estimate of drug-likeness (QED) is 0.824. The van der Waals surface area contributed by atoms with Crippen molar-refractivity contribution in [2.45, 2.75) is 96.4 Å². The van der Waals surface area contributed by atoms with Gasteiger partial charge in [0.2, 0.25) is 5.91 Å². The van der Waals surface area contributed by atoms with Crippen LogP contribution in [0.2, 0.25) is 0 Å². The van der Waals surface area contributed by atoms with Gasteiger partial charge in [0.05, 0.1) is 0 Å². The van der Waals surface area contributed by atoms with Crippen LogP contribution in [0.4, 0.5) is 4.79 Å². The molecule has 2 fully saturated rings. The molecule has 0 aromatic rings. The minimum absolute atomic E-state index is 0.0385. The van der Waals surface area contributed by atoms with Gasteiger partial charge in [-0.1, -0.05) is 19.3 Å². The molecule has 2 aliphatic rings. The molecule has 26 heavy (non-hydrogen) atoms. The molecule has 1 heterocycles. The zero-order chi connectivity index (χ0) is 19.5. The fourth-order valence-corrected chi connectivity index (χ4v) is 3.94. The number of carbonyl (C=O) groups is 3. The highest BCUT2D eigenvalue weighted by Gasteiger charge is 2.41. The summed E-state index contributed by atoms with van der Waals surface area (Å²) in [5.41, 5.74) is -0.649. The summed E-state index contributed by atoms with van der Waals surface area (Å²) in [5, 5.41) is 9.36. The van der Waals surface area contributed by atoms with Crippen LogP contribution in [0.5, 0.6) is 0 Å². The number of aliphatic carboxylic acids is 1. The standard InChI is InChI=1S/C19H32N2O5/c1-13(16(22)20-12-8-11-15(20)17(23)24)21(14-9-6-5-7-10-14)18(25)26-19(2,3)4/h13-15H,5-12H2,1-4H3,(H,23,24)/t13-,15+/m1/s1. The molecule has 0 radical (unpaired) electrons. The second-order valence-electron chi connectivity index (χ2n) is 8.38. The van der Waals surface area contributed by atoms with Crippen molar-refractivity contribution >= 4 is 18.0 Å². The fraction of sp³-hybridized carbons (Fsp3) is 0.842. The van der Waals surface area contributed by atoms with Gasteiger partial charge >= 0.3 is 12.1 Å². The van der Waals surface area contributed by atoms with Crippen molar-refractivity contribution in [3.05, 3.63) is 0 Å². The van der Waals surface area contributed by atoms with Gasteiger partial charge in [0.15, 0.2) is 0 Å². The van der Waals surface area contributed by atoms with E-state index in [1.807, 2.05) is 0 Å². The summed E-state index contributed by atoms with van der Waals surface area (Å²) in [4.78, 5) is 40.3. The topological polar surface area (TPSA) is 87.2 Å². The molecule has 148 valence electrons. The Morgan fingerprint density at radius 1 is 1.08 bits per heavy atom. The van der Waals surface area contributed by atoms with E-state index in [9.17, 15) is 19.5 Å². The van der Waals surface area contributed by atoms with Crippen LogP contribution >= 0.6 is 0 Å². The molecule has 1 aliphatic carbocycles. The van der Waals surface area contributed by atoms with E-state index in [0.717, 1.165) is 32.1 Å². The van der Waals surface area contributed by atoms with Crippen LogP contribution in [0.1, 0.15) is 72.6 Å². The van der Waals surface area contributed by atoms with Crippen LogP contribution in [-0.4, -0.2) is 63.1 Å². The first-order valence-electron chi connectivity index (χ1n) is 9.66. The third-order valence-electron chi connectivity index (χ3n) is 5.17. The molecule has 2 rings (SSSR count). The van der Waals surface area contributed by atoms with E-state index in [1.165, 1.54) is 4.90 Å². The van der Waals surface area contributed by atoms with Crippen molar-refractivity contribution in [2.75, 3.05) is 6.54 Å². The molecule has 0 spiro atoms. The molecule has 1 N–H and O–H groups in total. The van der Waals surface area contributed by atoms with E-state index in [2.05, 4.69) is 0 Å². The second-order valence-corrected chi connectivity index (χ2v) is 8.38. The number of carbonyl (C=O) groups excluding carboxylic acids is 2. The van der Waals surface area contributed by atoms with Gasteiger partial charge in [-0.15, -0.1) is 0 Å². The lowest BCUT2D eigenvalue weighted by atomic mass is 9.93. The average molecular weight is 368 g/mol. The zero-order valence-electron chi connectivity index (χ0n) is 16.4. The lowest BCUT2D eigenvalue weighted by Gasteiger charge is -2.40. The summed E-state index contributed by atoms with van der Waals surface area (Å²) in [6, 6.07) is -1.56. The minimum Gasteiger partial charge on any atom is -0.480 e. The van der Waals surface area contributed by atoms with E-state index in [4.69, 9.17) is 4.74 Å². The maximum atomic E-state index is 13.0. The number of carboxylic acid groups (broad SMARTS) is 1. The smallest absolute Gasteiger partial charge is 0.411 e. The Balaban J connectivity index is 2.21. The normalized spacial score (nSPS) is 22.8. The summed E-state index contributed by atoms with van der Waals surface area (Å²) in [7, 11) is 0. The number of rotatable bonds is 4. The first-order chi connectivity index (χ1) is 12.1. The monoisotopic (exact) mass is 368 g/mol. The summed E-state index contributed by atoms with van der Waals surface area (Å²) < 4.78 is 5.56. The maximum Gasteiger partial charge on any atom is 0.411 e. The summed E-state index contributed by atoms with van der Waals surface area (Å²) in [6.07, 6.45) is 5.51. The molecule has 1 saturated carbocycles. The van der Waals surface area contributed by atoms with E-state index in [0.29, 0.717) is 19.4 Å². The minimum atomic E-state index is -0.982. The van der Waals surface area contributed by atoms with Gasteiger partial charge in [0, 0.05) is 12.6 Å². The predicted molar refractivity (Wildman–Crippen MR) is 96.8 cm³/mol. The third-order valence-corrected chi connectivity index (χ3v) is 5.17. The average Bonchev–Trinajstić information content (AvgIpc) is 3.03. The lowest BCUT2D eigenvalue weighted by Crippen LogP contribution is -2.56. The van der Waals surface area contributed by atoms with Crippen molar-refractivity contribution in [1.29, 1.82) is 0 Å². The number of ether oxygens (including phenoxy) is 1. The van der Waals surface area contributed by atoms with Crippen LogP contribution < -0.4 is 0 Å². The Morgan fingerprint density at radius 2 is 1.69 bits per heavy atom. The molecule has 0 bridgehead atoms. The van der Waals surface area contributed by atoms with E-state index in [1.54, 1.807) is 32.6 Å². The Kier molecular flexibility index (Phi) is 6.53. The van der Waals surface area contributed by atoms with Crippen molar-refractivity contribution in [1.82, 2.24) is 9.80 Å². The number of amides is 2. The molecule has 0 aromatic carbocycles. The summed E-state index contributed by atoms with van der Waals surface area (Å²) >= 11 is 0. The number of hydrogen-bond donors (Lipinski definition) is 1. The highest BCUT2D eigenvalue weighted by Crippen LogP contribution is 2.28. The van der Waals surface area contributed by atoms with Gasteiger partial charge in [-0.2, -0.15) is 0 Å².